The summed E-state index contributed by atoms with van der Waals surface area (Å²) < 4.78 is 34.0. The molecule has 0 aliphatic rings. The summed E-state index contributed by atoms with van der Waals surface area (Å²) in [5, 5.41) is 1.04. The van der Waals surface area contributed by atoms with Crippen LogP contribution in [0.3, 0.4) is 0 Å². The van der Waals surface area contributed by atoms with Crippen LogP contribution in [-0.4, -0.2) is 32.7 Å². The van der Waals surface area contributed by atoms with Gasteiger partial charge in [-0.15, -0.1) is 0 Å². The third-order valence-electron chi connectivity index (χ3n) is 4.27. The topological polar surface area (TPSA) is 82.6 Å². The number of nitrogens with zero attached hydrogens (tertiary/aromatic N) is 1. The van der Waals surface area contributed by atoms with Crippen LogP contribution in [0.4, 0.5) is 0 Å². The van der Waals surface area contributed by atoms with Gasteiger partial charge in [0.05, 0.1) is 23.1 Å². The van der Waals surface area contributed by atoms with Crippen LogP contribution in [0, 0.1) is 6.92 Å². The number of aryl methyl sites for hydroxylation is 1. The highest BCUT2D eigenvalue weighted by molar-refractivity contribution is 7.90. The molecule has 0 N–H and O–H groups in total. The lowest BCUT2D eigenvalue weighted by atomic mass is 10.1. The summed E-state index contributed by atoms with van der Waals surface area (Å²) in [6.45, 7) is 1.62. The molecule has 0 aliphatic heterocycles. The number of aromatic nitrogens is 1. The highest BCUT2D eigenvalue weighted by atomic mass is 35.5. The zero-order valence-corrected chi connectivity index (χ0v) is 17.1. The summed E-state index contributed by atoms with van der Waals surface area (Å²) in [4.78, 5) is 16.9. The molecule has 146 valence electrons. The molecule has 0 amide bonds. The molecule has 0 aliphatic carbocycles. The SMILES string of the molecule is COc1ccc2cc(COC(=O)c3cc(S(C)(=O)=O)ccc3C)c(Cl)nc2c1. The first kappa shape index (κ1) is 20.1. The van der Waals surface area contributed by atoms with E-state index in [1.165, 1.54) is 12.1 Å². The second kappa shape index (κ2) is 7.77. The number of ether oxygens (including phenoxy) is 2. The van der Waals surface area contributed by atoms with Crippen molar-refractivity contribution in [3.8, 4) is 5.75 Å². The number of fused-ring (bicyclic) bond motifs is 1. The number of rotatable bonds is 5. The molecule has 6 nitrogen and oxygen atoms in total. The molecule has 28 heavy (non-hydrogen) atoms. The number of carbonyl (C=O) groups excluding carboxylic acids is 1. The summed E-state index contributed by atoms with van der Waals surface area (Å²) in [7, 11) is -1.86. The van der Waals surface area contributed by atoms with Gasteiger partial charge in [-0.05, 0) is 42.8 Å². The van der Waals surface area contributed by atoms with Gasteiger partial charge >= 0.3 is 5.97 Å². The first-order valence-electron chi connectivity index (χ1n) is 8.30. The van der Waals surface area contributed by atoms with Gasteiger partial charge in [-0.3, -0.25) is 0 Å². The zero-order chi connectivity index (χ0) is 20.5. The minimum absolute atomic E-state index is 0.0596. The summed E-state index contributed by atoms with van der Waals surface area (Å²) in [6, 6.07) is 11.5. The lowest BCUT2D eigenvalue weighted by Crippen LogP contribution is -2.09. The Bertz CT molecular complexity index is 1170. The Balaban J connectivity index is 1.84. The fourth-order valence-electron chi connectivity index (χ4n) is 2.67. The van der Waals surface area contributed by atoms with E-state index >= 15 is 0 Å². The van der Waals surface area contributed by atoms with Gasteiger partial charge in [0.1, 0.15) is 17.5 Å². The number of methoxy groups -OCH3 is 1. The van der Waals surface area contributed by atoms with E-state index in [0.29, 0.717) is 22.4 Å². The average molecular weight is 420 g/mol. The Hall–Kier alpha value is -2.64. The third-order valence-corrected chi connectivity index (χ3v) is 5.70. The van der Waals surface area contributed by atoms with Crippen molar-refractivity contribution in [2.75, 3.05) is 13.4 Å². The number of hydrogen-bond acceptors (Lipinski definition) is 6. The van der Waals surface area contributed by atoms with Crippen LogP contribution in [0.25, 0.3) is 10.9 Å². The highest BCUT2D eigenvalue weighted by Crippen LogP contribution is 2.25. The molecule has 0 fully saturated rings. The Morgan fingerprint density at radius 2 is 1.89 bits per heavy atom. The average Bonchev–Trinajstić information content (AvgIpc) is 2.65. The quantitative estimate of drug-likeness (QED) is 0.459. The molecular weight excluding hydrogens is 402 g/mol. The number of carbonyl (C=O) groups is 1. The first-order chi connectivity index (χ1) is 13.2. The number of pyridine rings is 1. The molecule has 0 atom stereocenters. The van der Waals surface area contributed by atoms with Crippen LogP contribution >= 0.6 is 11.6 Å². The molecule has 8 heteroatoms. The number of hydrogen-bond donors (Lipinski definition) is 0. The van der Waals surface area contributed by atoms with Crippen molar-refractivity contribution in [1.29, 1.82) is 0 Å². The molecule has 2 aromatic carbocycles. The third kappa shape index (κ3) is 4.26. The van der Waals surface area contributed by atoms with Gasteiger partial charge in [-0.2, -0.15) is 0 Å². The van der Waals surface area contributed by atoms with E-state index in [0.717, 1.165) is 11.6 Å². The maximum atomic E-state index is 12.5. The van der Waals surface area contributed by atoms with Gasteiger partial charge in [0.2, 0.25) is 0 Å². The van der Waals surface area contributed by atoms with Crippen molar-refractivity contribution in [2.45, 2.75) is 18.4 Å². The molecular formula is C20H18ClNO5S. The number of halogens is 1. The fraction of sp³-hybridized carbons (Fsp3) is 0.200. The van der Waals surface area contributed by atoms with Crippen LogP contribution in [0.15, 0.2) is 47.4 Å². The number of sulfone groups is 1. The minimum Gasteiger partial charge on any atom is -0.497 e. The Morgan fingerprint density at radius 1 is 1.14 bits per heavy atom. The standard InChI is InChI=1S/C20H18ClNO5S/c1-12-4-7-16(28(3,24)25)10-17(12)20(23)27-11-14-8-13-5-6-15(26-2)9-18(13)22-19(14)21/h4-10H,11H2,1-3H3. The van der Waals surface area contributed by atoms with E-state index in [-0.39, 0.29) is 22.2 Å². The minimum atomic E-state index is -3.43. The smallest absolute Gasteiger partial charge is 0.338 e. The van der Waals surface area contributed by atoms with E-state index in [1.54, 1.807) is 38.3 Å². The van der Waals surface area contributed by atoms with E-state index in [1.807, 2.05) is 6.07 Å². The predicted molar refractivity (Wildman–Crippen MR) is 107 cm³/mol. The van der Waals surface area contributed by atoms with Crippen LogP contribution in [-0.2, 0) is 21.2 Å². The normalized spacial score (nSPS) is 11.4. The van der Waals surface area contributed by atoms with E-state index in [9.17, 15) is 13.2 Å². The molecule has 1 aromatic heterocycles. The summed E-state index contributed by atoms with van der Waals surface area (Å²) >= 11 is 6.22. The predicted octanol–water partition coefficient (Wildman–Crippen LogP) is 3.97. The number of esters is 1. The maximum Gasteiger partial charge on any atom is 0.338 e. The van der Waals surface area contributed by atoms with Gasteiger partial charge in [-0.1, -0.05) is 17.7 Å². The highest BCUT2D eigenvalue weighted by Gasteiger charge is 2.16. The van der Waals surface area contributed by atoms with Gasteiger partial charge in [0.15, 0.2) is 9.84 Å². The van der Waals surface area contributed by atoms with Crippen LogP contribution < -0.4 is 4.74 Å². The van der Waals surface area contributed by atoms with E-state index < -0.39 is 15.8 Å². The van der Waals surface area contributed by atoms with Crippen molar-refractivity contribution in [3.05, 3.63) is 64.3 Å². The van der Waals surface area contributed by atoms with E-state index in [4.69, 9.17) is 21.1 Å². The second-order valence-electron chi connectivity index (χ2n) is 6.32. The molecule has 0 spiro atoms. The van der Waals surface area contributed by atoms with Crippen molar-refractivity contribution in [1.82, 2.24) is 4.98 Å². The van der Waals surface area contributed by atoms with Crippen LogP contribution in [0.1, 0.15) is 21.5 Å². The molecule has 0 saturated carbocycles. The van der Waals surface area contributed by atoms with Crippen molar-refractivity contribution >= 4 is 38.3 Å². The zero-order valence-electron chi connectivity index (χ0n) is 15.5. The van der Waals surface area contributed by atoms with Crippen LogP contribution in [0.2, 0.25) is 5.15 Å². The molecule has 0 saturated heterocycles. The lowest BCUT2D eigenvalue weighted by molar-refractivity contribution is 0.0471. The molecule has 0 unspecified atom stereocenters. The summed E-state index contributed by atoms with van der Waals surface area (Å²) in [5.41, 5.74) is 2.02. The largest absolute Gasteiger partial charge is 0.497 e. The lowest BCUT2D eigenvalue weighted by Gasteiger charge is -2.10. The van der Waals surface area contributed by atoms with E-state index in [2.05, 4.69) is 4.98 Å². The fourth-order valence-corrected chi connectivity index (χ4v) is 3.52. The van der Waals surface area contributed by atoms with Gasteiger partial charge in [0.25, 0.3) is 0 Å². The summed E-state index contributed by atoms with van der Waals surface area (Å²) in [6.07, 6.45) is 1.09. The van der Waals surface area contributed by atoms with Gasteiger partial charge in [-0.25, -0.2) is 18.2 Å². The molecule has 1 heterocycles. The summed E-state index contributed by atoms with van der Waals surface area (Å²) in [5.74, 6) is 0.0328. The Labute approximate surface area is 168 Å². The Kier molecular flexibility index (Phi) is 5.58. The van der Waals surface area contributed by atoms with Crippen LogP contribution in [0.5, 0.6) is 5.75 Å². The Morgan fingerprint density at radius 3 is 2.57 bits per heavy atom. The molecule has 0 radical (unpaired) electrons. The monoisotopic (exact) mass is 419 g/mol. The van der Waals surface area contributed by atoms with Crippen molar-refractivity contribution < 1.29 is 22.7 Å². The second-order valence-corrected chi connectivity index (χ2v) is 8.70. The van der Waals surface area contributed by atoms with Gasteiger partial charge in [0, 0.05) is 23.3 Å². The van der Waals surface area contributed by atoms with Crippen molar-refractivity contribution in [2.24, 2.45) is 0 Å². The first-order valence-corrected chi connectivity index (χ1v) is 10.6. The van der Waals surface area contributed by atoms with Crippen molar-refractivity contribution in [3.63, 3.8) is 0 Å². The molecule has 3 aromatic rings. The molecule has 3 rings (SSSR count). The molecule has 0 bridgehead atoms. The number of benzene rings is 2. The maximum absolute atomic E-state index is 12.5. The van der Waals surface area contributed by atoms with Gasteiger partial charge < -0.3 is 9.47 Å².